The van der Waals surface area contributed by atoms with Gasteiger partial charge in [0, 0.05) is 0 Å². The van der Waals surface area contributed by atoms with E-state index >= 15 is 0 Å². The minimum absolute atomic E-state index is 0.183. The zero-order valence-electron chi connectivity index (χ0n) is 13.8. The molecule has 7 heteroatoms. The third kappa shape index (κ3) is 3.78. The Balaban J connectivity index is 1.70. The first-order valence-electron chi connectivity index (χ1n) is 8.04. The van der Waals surface area contributed by atoms with Crippen molar-refractivity contribution in [2.45, 2.75) is 24.9 Å². The second kappa shape index (κ2) is 7.05. The molecule has 1 unspecified atom stereocenters. The van der Waals surface area contributed by atoms with Gasteiger partial charge in [-0.05, 0) is 41.7 Å². The Labute approximate surface area is 149 Å². The molecule has 0 amide bonds. The lowest BCUT2D eigenvalue weighted by Crippen LogP contribution is -2.41. The molecule has 0 saturated carbocycles. The molecule has 2 aromatic rings. The van der Waals surface area contributed by atoms with Gasteiger partial charge >= 0.3 is 11.9 Å². The molecule has 1 aliphatic heterocycles. The van der Waals surface area contributed by atoms with E-state index in [1.165, 1.54) is 0 Å². The fourth-order valence-electron chi connectivity index (χ4n) is 2.81. The molecule has 7 nitrogen and oxygen atoms in total. The molecule has 1 aliphatic rings. The summed E-state index contributed by atoms with van der Waals surface area (Å²) in [5.74, 6) is -1.49. The maximum absolute atomic E-state index is 11.2. The van der Waals surface area contributed by atoms with E-state index in [0.717, 1.165) is 16.7 Å². The average molecular weight is 358 g/mol. The minimum atomic E-state index is -2.28. The van der Waals surface area contributed by atoms with Crippen molar-refractivity contribution in [2.24, 2.45) is 0 Å². The smallest absolute Gasteiger partial charge is 0.336 e. The molecule has 2 aromatic carbocycles. The normalized spacial score (nSPS) is 14.7. The lowest BCUT2D eigenvalue weighted by atomic mass is 9.91. The topological polar surface area (TPSA) is 113 Å². The number of carboxylic acids is 2. The summed E-state index contributed by atoms with van der Waals surface area (Å²) in [6.45, 7) is 0.209. The van der Waals surface area contributed by atoms with E-state index < -0.39 is 24.0 Å². The molecule has 3 N–H and O–H groups in total. The second-order valence-electron chi connectivity index (χ2n) is 6.17. The second-order valence-corrected chi connectivity index (χ2v) is 6.17. The summed E-state index contributed by atoms with van der Waals surface area (Å²) in [4.78, 5) is 21.9. The summed E-state index contributed by atoms with van der Waals surface area (Å²) >= 11 is 0. The average Bonchev–Trinajstić information content (AvgIpc) is 3.07. The Morgan fingerprint density at radius 3 is 2.27 bits per heavy atom. The zero-order valence-corrected chi connectivity index (χ0v) is 13.8. The zero-order chi connectivity index (χ0) is 18.7. The summed E-state index contributed by atoms with van der Waals surface area (Å²) in [5.41, 5.74) is 0.432. The molecule has 0 fully saturated rings. The number of aliphatic carboxylic acids is 2. The van der Waals surface area contributed by atoms with E-state index in [1.807, 2.05) is 42.5 Å². The van der Waals surface area contributed by atoms with E-state index in [1.54, 1.807) is 0 Å². The van der Waals surface area contributed by atoms with Gasteiger partial charge in [0.2, 0.25) is 6.79 Å². The third-order valence-corrected chi connectivity index (χ3v) is 4.33. The van der Waals surface area contributed by atoms with Crippen molar-refractivity contribution >= 4 is 11.9 Å². The van der Waals surface area contributed by atoms with Crippen LogP contribution in [-0.4, -0.2) is 39.7 Å². The Morgan fingerprint density at radius 2 is 1.62 bits per heavy atom. The van der Waals surface area contributed by atoms with Gasteiger partial charge in [-0.25, -0.2) is 4.79 Å². The predicted octanol–water partition coefficient (Wildman–Crippen LogP) is 2.31. The summed E-state index contributed by atoms with van der Waals surface area (Å²) in [5, 5.41) is 27.9. The molecular formula is C19H18O7. The molecule has 0 saturated heterocycles. The van der Waals surface area contributed by atoms with E-state index in [4.69, 9.17) is 19.7 Å². The summed E-state index contributed by atoms with van der Waals surface area (Å²) < 4.78 is 10.6. The number of aryl methyl sites for hydroxylation is 1. The number of benzene rings is 2. The first-order chi connectivity index (χ1) is 12.4. The van der Waals surface area contributed by atoms with Crippen LogP contribution in [0.2, 0.25) is 0 Å². The van der Waals surface area contributed by atoms with Gasteiger partial charge in [0.1, 0.15) is 0 Å². The highest BCUT2D eigenvalue weighted by atomic mass is 16.7. The number of ether oxygens (including phenoxy) is 2. The standard InChI is InChI=1S/C19H18O7/c20-17(21)10-19(24,18(22)23)8-7-12-1-3-13(4-2-12)14-5-6-15-16(9-14)26-11-25-15/h1-6,9,24H,7-8,10-11H2,(H,20,21)(H,22,23). The monoisotopic (exact) mass is 358 g/mol. The van der Waals surface area contributed by atoms with Gasteiger partial charge in [0.25, 0.3) is 0 Å². The molecule has 3 rings (SSSR count). The Kier molecular flexibility index (Phi) is 4.81. The van der Waals surface area contributed by atoms with E-state index in [-0.39, 0.29) is 19.6 Å². The third-order valence-electron chi connectivity index (χ3n) is 4.33. The summed E-state index contributed by atoms with van der Waals surface area (Å²) in [7, 11) is 0. The first-order valence-corrected chi connectivity index (χ1v) is 8.04. The van der Waals surface area contributed by atoms with Crippen LogP contribution in [0.25, 0.3) is 11.1 Å². The maximum Gasteiger partial charge on any atom is 0.336 e. The van der Waals surface area contributed by atoms with Crippen LogP contribution in [-0.2, 0) is 16.0 Å². The van der Waals surface area contributed by atoms with Crippen molar-refractivity contribution in [3.05, 3.63) is 48.0 Å². The molecule has 0 radical (unpaired) electrons. The van der Waals surface area contributed by atoms with Gasteiger partial charge < -0.3 is 24.8 Å². The van der Waals surface area contributed by atoms with Crippen LogP contribution in [0, 0.1) is 0 Å². The van der Waals surface area contributed by atoms with Crippen molar-refractivity contribution in [3.63, 3.8) is 0 Å². The molecule has 1 heterocycles. The van der Waals surface area contributed by atoms with Gasteiger partial charge in [-0.3, -0.25) is 4.79 Å². The van der Waals surface area contributed by atoms with Gasteiger partial charge in [0.05, 0.1) is 6.42 Å². The van der Waals surface area contributed by atoms with Crippen molar-refractivity contribution in [3.8, 4) is 22.6 Å². The molecule has 1 atom stereocenters. The molecular weight excluding hydrogens is 340 g/mol. The number of carbonyl (C=O) groups is 2. The molecule has 0 aliphatic carbocycles. The molecule has 26 heavy (non-hydrogen) atoms. The van der Waals surface area contributed by atoms with Crippen LogP contribution in [0.1, 0.15) is 18.4 Å². The van der Waals surface area contributed by atoms with Crippen LogP contribution in [0.15, 0.2) is 42.5 Å². The predicted molar refractivity (Wildman–Crippen MR) is 91.2 cm³/mol. The van der Waals surface area contributed by atoms with Crippen LogP contribution in [0.4, 0.5) is 0 Å². The van der Waals surface area contributed by atoms with Crippen LogP contribution < -0.4 is 9.47 Å². The number of aliphatic hydroxyl groups is 1. The fraction of sp³-hybridized carbons (Fsp3) is 0.263. The van der Waals surface area contributed by atoms with Crippen LogP contribution in [0.3, 0.4) is 0 Å². The van der Waals surface area contributed by atoms with Crippen LogP contribution >= 0.6 is 0 Å². The minimum Gasteiger partial charge on any atom is -0.481 e. The molecule has 136 valence electrons. The number of rotatable bonds is 7. The lowest BCUT2D eigenvalue weighted by molar-refractivity contribution is -0.166. The van der Waals surface area contributed by atoms with Crippen molar-refractivity contribution in [1.29, 1.82) is 0 Å². The van der Waals surface area contributed by atoms with Gasteiger partial charge in [0.15, 0.2) is 17.1 Å². The fourth-order valence-corrected chi connectivity index (χ4v) is 2.81. The van der Waals surface area contributed by atoms with Crippen molar-refractivity contribution in [1.82, 2.24) is 0 Å². The van der Waals surface area contributed by atoms with Crippen LogP contribution in [0.5, 0.6) is 11.5 Å². The Morgan fingerprint density at radius 1 is 0.962 bits per heavy atom. The number of carboxylic acid groups (broad SMARTS) is 2. The van der Waals surface area contributed by atoms with Gasteiger partial charge in [-0.15, -0.1) is 0 Å². The molecule has 0 bridgehead atoms. The van der Waals surface area contributed by atoms with Gasteiger partial charge in [-0.1, -0.05) is 30.3 Å². The number of fused-ring (bicyclic) bond motifs is 1. The van der Waals surface area contributed by atoms with E-state index in [2.05, 4.69) is 0 Å². The van der Waals surface area contributed by atoms with Crippen molar-refractivity contribution < 1.29 is 34.4 Å². The first kappa shape index (κ1) is 17.8. The highest BCUT2D eigenvalue weighted by Gasteiger charge is 2.38. The van der Waals surface area contributed by atoms with E-state index in [0.29, 0.717) is 11.5 Å². The SMILES string of the molecule is O=C(O)CC(O)(CCc1ccc(-c2ccc3c(c2)OCO3)cc1)C(=O)O. The quantitative estimate of drug-likeness (QED) is 0.696. The van der Waals surface area contributed by atoms with E-state index in [9.17, 15) is 14.7 Å². The number of hydrogen-bond acceptors (Lipinski definition) is 5. The maximum atomic E-state index is 11.2. The van der Waals surface area contributed by atoms with Crippen molar-refractivity contribution in [2.75, 3.05) is 6.79 Å². The lowest BCUT2D eigenvalue weighted by Gasteiger charge is -2.21. The highest BCUT2D eigenvalue weighted by molar-refractivity contribution is 5.83. The largest absolute Gasteiger partial charge is 0.481 e. The summed E-state index contributed by atoms with van der Waals surface area (Å²) in [6.07, 6.45) is -0.771. The molecule has 0 aromatic heterocycles. The number of hydrogen-bond donors (Lipinski definition) is 3. The highest BCUT2D eigenvalue weighted by Crippen LogP contribution is 2.36. The van der Waals surface area contributed by atoms with Gasteiger partial charge in [-0.2, -0.15) is 0 Å². The Hall–Kier alpha value is -3.06. The Bertz CT molecular complexity index is 828. The molecule has 0 spiro atoms. The summed E-state index contributed by atoms with van der Waals surface area (Å²) in [6, 6.07) is 13.0.